The van der Waals surface area contributed by atoms with Crippen molar-refractivity contribution in [2.75, 3.05) is 0 Å². The fourth-order valence-electron chi connectivity index (χ4n) is 7.47. The van der Waals surface area contributed by atoms with E-state index in [0.717, 1.165) is 0 Å². The molecule has 0 bridgehead atoms. The standard InChI is InChI=1S/C50H38O/c1-27-18-21-40-44(24-27)51-43-17-11-16-41(50(40)43)48-35-12-7-9-14-37(35)49(38-15-10-8-13-36(38)48)42-26-33-25-30(4)34-22-19-28(2)31(5)45(34)47(33)46-32(6)29(3)20-23-39(42)46/h7-26H,1-6H3/i7D,8D,9D,10D,11D,12D,13D,14D,15D,16D,17D,18D,19D,20D,21D,22D,23D,24D,25D,26D. The molecule has 0 unspecified atom stereocenters. The monoisotopic (exact) mass is 674 g/mol. The summed E-state index contributed by atoms with van der Waals surface area (Å²) < 4.78 is 193. The van der Waals surface area contributed by atoms with E-state index in [1.54, 1.807) is 34.6 Å². The molecule has 10 rings (SSSR count). The number of hydrogen-bond donors (Lipinski definition) is 0. The topological polar surface area (TPSA) is 13.1 Å². The summed E-state index contributed by atoms with van der Waals surface area (Å²) in [6.45, 7) is 9.70. The Kier molecular flexibility index (Phi) is 3.38. The summed E-state index contributed by atoms with van der Waals surface area (Å²) in [4.78, 5) is 0. The van der Waals surface area contributed by atoms with Crippen molar-refractivity contribution < 1.29 is 31.8 Å². The van der Waals surface area contributed by atoms with Crippen LogP contribution >= 0.6 is 0 Å². The third-order valence-corrected chi connectivity index (χ3v) is 10.1. The van der Waals surface area contributed by atoms with Gasteiger partial charge in [0, 0.05) is 10.8 Å². The minimum atomic E-state index is -0.839. The molecular weight excluding hydrogens is 617 g/mol. The molecule has 1 heterocycles. The predicted octanol–water partition coefficient (Wildman–Crippen LogP) is 14.5. The highest BCUT2D eigenvalue weighted by atomic mass is 16.3. The van der Waals surface area contributed by atoms with E-state index in [-0.39, 0.29) is 90.2 Å². The first-order chi connectivity index (χ1) is 33.2. The van der Waals surface area contributed by atoms with Gasteiger partial charge in [-0.15, -0.1) is 0 Å². The Hall–Kier alpha value is -5.92. The van der Waals surface area contributed by atoms with Crippen molar-refractivity contribution in [1.29, 1.82) is 0 Å². The second kappa shape index (κ2) is 10.8. The van der Waals surface area contributed by atoms with Crippen molar-refractivity contribution in [1.82, 2.24) is 0 Å². The lowest BCUT2D eigenvalue weighted by Gasteiger charge is -2.22. The van der Waals surface area contributed by atoms with Crippen LogP contribution in [0.5, 0.6) is 0 Å². The summed E-state index contributed by atoms with van der Waals surface area (Å²) in [6.07, 6.45) is 0. The fraction of sp³-hybridized carbons (Fsp3) is 0.120. The van der Waals surface area contributed by atoms with E-state index in [2.05, 4.69) is 0 Å². The van der Waals surface area contributed by atoms with Crippen molar-refractivity contribution in [3.8, 4) is 22.3 Å². The van der Waals surface area contributed by atoms with Gasteiger partial charge in [0.25, 0.3) is 0 Å². The summed E-state index contributed by atoms with van der Waals surface area (Å²) in [5.74, 6) is 0. The lowest BCUT2D eigenvalue weighted by molar-refractivity contribution is 0.668. The normalized spacial score (nSPS) is 17.6. The lowest BCUT2D eigenvalue weighted by atomic mass is 9.81. The molecular formula is C50H38O. The van der Waals surface area contributed by atoms with Gasteiger partial charge in [-0.2, -0.15) is 0 Å². The van der Waals surface area contributed by atoms with Gasteiger partial charge in [0.15, 0.2) is 0 Å². The van der Waals surface area contributed by atoms with E-state index in [1.807, 2.05) is 0 Å². The van der Waals surface area contributed by atoms with Gasteiger partial charge in [-0.3, -0.25) is 0 Å². The summed E-state index contributed by atoms with van der Waals surface area (Å²) >= 11 is 0. The molecule has 0 aliphatic rings. The van der Waals surface area contributed by atoms with Gasteiger partial charge in [-0.05, 0) is 169 Å². The molecule has 9 aromatic carbocycles. The molecule has 0 saturated carbocycles. The van der Waals surface area contributed by atoms with Gasteiger partial charge in [0.05, 0.1) is 27.4 Å². The van der Waals surface area contributed by atoms with Gasteiger partial charge in [0.1, 0.15) is 11.2 Å². The van der Waals surface area contributed by atoms with Crippen LogP contribution in [-0.2, 0) is 0 Å². The zero-order chi connectivity index (χ0) is 52.1. The second-order valence-electron chi connectivity index (χ2n) is 13.0. The predicted molar refractivity (Wildman–Crippen MR) is 221 cm³/mol. The summed E-state index contributed by atoms with van der Waals surface area (Å²) in [5.41, 5.74) is -0.444. The van der Waals surface area contributed by atoms with E-state index in [9.17, 15) is 12.3 Å². The first-order valence-electron chi connectivity index (χ1n) is 26.4. The van der Waals surface area contributed by atoms with Crippen LogP contribution in [0.4, 0.5) is 0 Å². The van der Waals surface area contributed by atoms with Crippen LogP contribution in [-0.4, -0.2) is 0 Å². The third-order valence-electron chi connectivity index (χ3n) is 10.1. The Labute approximate surface area is 325 Å². The van der Waals surface area contributed by atoms with Crippen molar-refractivity contribution in [2.45, 2.75) is 41.5 Å². The van der Waals surface area contributed by atoms with E-state index in [0.29, 0.717) is 27.6 Å². The Morgan fingerprint density at radius 3 is 1.61 bits per heavy atom. The molecule has 0 N–H and O–H groups in total. The summed E-state index contributed by atoms with van der Waals surface area (Å²) in [6, 6.07) is -11.9. The van der Waals surface area contributed by atoms with Crippen LogP contribution in [0.25, 0.3) is 98.1 Å². The molecule has 0 aliphatic carbocycles. The van der Waals surface area contributed by atoms with Crippen LogP contribution in [0, 0.1) is 41.5 Å². The Morgan fingerprint density at radius 2 is 0.961 bits per heavy atom. The maximum atomic E-state index is 10.4. The first-order valence-corrected chi connectivity index (χ1v) is 16.4. The molecule has 1 aromatic heterocycles. The average Bonchev–Trinajstić information content (AvgIpc) is 3.74. The minimum absolute atomic E-state index is 0.0322. The largest absolute Gasteiger partial charge is 0.456 e. The van der Waals surface area contributed by atoms with E-state index in [1.165, 1.54) is 6.92 Å². The van der Waals surface area contributed by atoms with Crippen LogP contribution in [0.1, 0.15) is 60.8 Å². The molecule has 10 aromatic rings. The van der Waals surface area contributed by atoms with Gasteiger partial charge in [-0.25, -0.2) is 0 Å². The minimum Gasteiger partial charge on any atom is -0.456 e. The molecule has 51 heavy (non-hydrogen) atoms. The van der Waals surface area contributed by atoms with Crippen LogP contribution in [0.3, 0.4) is 0 Å². The number of hydrogen-bond acceptors (Lipinski definition) is 1. The van der Waals surface area contributed by atoms with Crippen LogP contribution in [0.2, 0.25) is 0 Å². The molecule has 0 aliphatic heterocycles. The van der Waals surface area contributed by atoms with Gasteiger partial charge in [0.2, 0.25) is 0 Å². The number of rotatable bonds is 2. The Balaban J connectivity index is 1.63. The van der Waals surface area contributed by atoms with Crippen molar-refractivity contribution in [3.63, 3.8) is 0 Å². The van der Waals surface area contributed by atoms with Crippen molar-refractivity contribution >= 4 is 75.8 Å². The third kappa shape index (κ3) is 4.15. The fourth-order valence-corrected chi connectivity index (χ4v) is 7.47. The second-order valence-corrected chi connectivity index (χ2v) is 13.0. The Bertz CT molecular complexity index is 4200. The van der Waals surface area contributed by atoms with E-state index in [4.69, 9.17) is 19.5 Å². The number of benzene rings is 9. The zero-order valence-electron chi connectivity index (χ0n) is 48.4. The van der Waals surface area contributed by atoms with Gasteiger partial charge < -0.3 is 4.42 Å². The average molecular weight is 675 g/mol. The quantitative estimate of drug-likeness (QED) is 0.131. The number of aryl methyl sites for hydroxylation is 3. The van der Waals surface area contributed by atoms with E-state index >= 15 is 0 Å². The maximum absolute atomic E-state index is 10.4. The highest BCUT2D eigenvalue weighted by Crippen LogP contribution is 2.50. The highest BCUT2D eigenvalue weighted by molar-refractivity contribution is 6.31. The van der Waals surface area contributed by atoms with E-state index < -0.39 is 134 Å². The van der Waals surface area contributed by atoms with Crippen LogP contribution < -0.4 is 0 Å². The molecule has 0 fully saturated rings. The molecule has 0 radical (unpaired) electrons. The lowest BCUT2D eigenvalue weighted by Crippen LogP contribution is -1.96. The molecule has 0 saturated heterocycles. The zero-order valence-corrected chi connectivity index (χ0v) is 28.4. The maximum Gasteiger partial charge on any atom is 0.136 e. The Morgan fingerprint density at radius 1 is 0.392 bits per heavy atom. The molecule has 0 atom stereocenters. The molecule has 0 spiro atoms. The van der Waals surface area contributed by atoms with Crippen molar-refractivity contribution in [2.24, 2.45) is 0 Å². The van der Waals surface area contributed by atoms with Crippen LogP contribution in [0.15, 0.2) is 125 Å². The molecule has 1 nitrogen and oxygen atoms in total. The summed E-state index contributed by atoms with van der Waals surface area (Å²) in [7, 11) is 0. The smallest absolute Gasteiger partial charge is 0.136 e. The molecule has 244 valence electrons. The van der Waals surface area contributed by atoms with Crippen molar-refractivity contribution in [3.05, 3.63) is 154 Å². The summed E-state index contributed by atoms with van der Waals surface area (Å²) in [5, 5.41) is -1.60. The number of fused-ring (bicyclic) bond motifs is 10. The molecule has 0 amide bonds. The van der Waals surface area contributed by atoms with Gasteiger partial charge in [-0.1, -0.05) is 103 Å². The molecule has 1 heteroatoms. The highest BCUT2D eigenvalue weighted by Gasteiger charge is 2.23. The first kappa shape index (κ1) is 16.0. The van der Waals surface area contributed by atoms with Gasteiger partial charge >= 0.3 is 0 Å². The number of furan rings is 1. The SMILES string of the molecule is [2H]c1c([2H])c(-c2c3c([2H])c([2H])c([2H])c([2H])c3c(-c3c([2H])c4c([2H])c(C)c5c([2H])c([2H])c(C)c(C)c5c4c4c(C)c(C)c([2H])c([2H])c34)c3c([2H])c([2H])c([2H])c([2H])c23)c2c(oc3c([2H])c(C)c([2H])c([2H])c32)c1[2H].